The van der Waals surface area contributed by atoms with Gasteiger partial charge in [0, 0.05) is 4.83 Å². The summed E-state index contributed by atoms with van der Waals surface area (Å²) in [4.78, 5) is 0.422. The fourth-order valence-electron chi connectivity index (χ4n) is 1.16. The van der Waals surface area contributed by atoms with E-state index in [1.54, 1.807) is 0 Å². The van der Waals surface area contributed by atoms with E-state index in [-0.39, 0.29) is 0 Å². The van der Waals surface area contributed by atoms with Gasteiger partial charge in [-0.15, -0.1) is 0 Å². The molecule has 0 fully saturated rings. The summed E-state index contributed by atoms with van der Waals surface area (Å²) in [6, 6.07) is 8.25. The summed E-state index contributed by atoms with van der Waals surface area (Å²) in [5.41, 5.74) is 2.42. The molecule has 1 aromatic carbocycles. The van der Waals surface area contributed by atoms with E-state index in [4.69, 9.17) is 0 Å². The summed E-state index contributed by atoms with van der Waals surface area (Å²) in [5.74, 6) is 0.605. The molecule has 0 aliphatic heterocycles. The molecule has 1 atom stereocenters. The monoisotopic (exact) mass is 225 g/mol. The summed E-state index contributed by atoms with van der Waals surface area (Å²) in [6.07, 6.45) is 0. The highest BCUT2D eigenvalue weighted by Crippen LogP contribution is 2.32. The largest absolute Gasteiger partial charge is 0.0836 e. The summed E-state index contributed by atoms with van der Waals surface area (Å²) < 4.78 is 0. The second-order valence-electron chi connectivity index (χ2n) is 3.34. The Bertz CT molecular complexity index is 253. The van der Waals surface area contributed by atoms with Crippen LogP contribution < -0.4 is 0 Å². The third-order valence-electron chi connectivity index (χ3n) is 1.94. The molecule has 12 heavy (non-hydrogen) atoms. The number of hydrogen-bond acceptors (Lipinski definition) is 0. The van der Waals surface area contributed by atoms with Crippen LogP contribution in [0.15, 0.2) is 24.3 Å². The Labute approximate surface area is 83.1 Å². The van der Waals surface area contributed by atoms with Gasteiger partial charge in [0.05, 0.1) is 0 Å². The maximum atomic E-state index is 3.99. The highest BCUT2D eigenvalue weighted by atomic mass is 79.9. The molecule has 0 saturated carbocycles. The van der Waals surface area contributed by atoms with E-state index in [2.05, 4.69) is 48.8 Å². The highest BCUT2D eigenvalue weighted by molar-refractivity contribution is 9.09. The number of hydrogen-bond donors (Lipinski definition) is 0. The normalized spacial score (nSPS) is 13.4. The van der Waals surface area contributed by atoms with Crippen LogP contribution in [-0.4, -0.2) is 0 Å². The minimum Gasteiger partial charge on any atom is -0.0836 e. The fraction of sp³-hybridized carbons (Fsp3) is 0.364. The smallest absolute Gasteiger partial charge is 0.0420 e. The first-order chi connectivity index (χ1) is 5.63. The van der Waals surface area contributed by atoms with Crippen molar-refractivity contribution >= 4 is 15.9 Å². The van der Waals surface area contributed by atoms with Gasteiger partial charge in [-0.1, -0.05) is 54.0 Å². The lowest BCUT2D eigenvalue weighted by molar-refractivity contribution is 0.640. The second-order valence-corrected chi connectivity index (χ2v) is 4.33. The van der Waals surface area contributed by atoms with Crippen LogP contribution in [0.2, 0.25) is 0 Å². The molecule has 0 bridgehead atoms. The number of halogens is 1. The van der Waals surface area contributed by atoms with Gasteiger partial charge in [-0.3, -0.25) is 0 Å². The first kappa shape index (κ1) is 9.79. The summed E-state index contributed by atoms with van der Waals surface area (Å²) in [5, 5.41) is 0. The molecule has 0 nitrogen and oxygen atoms in total. The molecule has 0 aliphatic rings. The Morgan fingerprint density at radius 3 is 2.33 bits per heavy atom. The Kier molecular flexibility index (Phi) is 3.33. The predicted molar refractivity (Wildman–Crippen MR) is 57.4 cm³/mol. The lowest BCUT2D eigenvalue weighted by Crippen LogP contribution is -2.00. The van der Waals surface area contributed by atoms with Crippen molar-refractivity contribution in [1.82, 2.24) is 0 Å². The zero-order valence-electron chi connectivity index (χ0n) is 7.55. The van der Waals surface area contributed by atoms with E-state index in [0.717, 1.165) is 5.56 Å². The lowest BCUT2D eigenvalue weighted by atomic mass is 9.99. The minimum absolute atomic E-state index is 0.422. The molecular weight excluding hydrogens is 212 g/mol. The van der Waals surface area contributed by atoms with Gasteiger partial charge >= 0.3 is 0 Å². The average molecular weight is 226 g/mol. The molecule has 1 aromatic rings. The van der Waals surface area contributed by atoms with Gasteiger partial charge in [-0.2, -0.15) is 0 Å². The van der Waals surface area contributed by atoms with Crippen LogP contribution in [0.5, 0.6) is 0 Å². The molecule has 1 unspecified atom stereocenters. The van der Waals surface area contributed by atoms with Gasteiger partial charge in [-0.25, -0.2) is 0 Å². The molecular formula is C11H14Br. The van der Waals surface area contributed by atoms with Gasteiger partial charge < -0.3 is 0 Å². The quantitative estimate of drug-likeness (QED) is 0.669. The van der Waals surface area contributed by atoms with E-state index in [0.29, 0.717) is 10.7 Å². The molecule has 0 saturated heterocycles. The van der Waals surface area contributed by atoms with Crippen molar-refractivity contribution < 1.29 is 0 Å². The second kappa shape index (κ2) is 4.08. The van der Waals surface area contributed by atoms with Crippen LogP contribution >= 0.6 is 15.9 Å². The maximum Gasteiger partial charge on any atom is 0.0420 e. The van der Waals surface area contributed by atoms with Crippen molar-refractivity contribution in [1.29, 1.82) is 0 Å². The third-order valence-corrected chi connectivity index (χ3v) is 3.49. The number of alkyl halides is 1. The standard InChI is InChI=1S/C11H14Br/c1-8(2)11(12)10-7-5-4-6-9(10)3/h4-8,11H,3H2,1-2H3. The van der Waals surface area contributed by atoms with Gasteiger partial charge in [0.15, 0.2) is 0 Å². The van der Waals surface area contributed by atoms with Crippen LogP contribution in [0, 0.1) is 12.8 Å². The van der Waals surface area contributed by atoms with Crippen molar-refractivity contribution in [3.05, 3.63) is 42.3 Å². The molecule has 1 heteroatoms. The summed E-state index contributed by atoms with van der Waals surface area (Å²) in [7, 11) is 0. The van der Waals surface area contributed by atoms with E-state index < -0.39 is 0 Å². The first-order valence-corrected chi connectivity index (χ1v) is 5.09. The van der Waals surface area contributed by atoms with Gasteiger partial charge in [-0.05, 0) is 24.0 Å². The van der Waals surface area contributed by atoms with Crippen LogP contribution in [-0.2, 0) is 0 Å². The Balaban J connectivity index is 2.94. The highest BCUT2D eigenvalue weighted by Gasteiger charge is 2.12. The van der Waals surface area contributed by atoms with Crippen LogP contribution in [0.3, 0.4) is 0 Å². The lowest BCUT2D eigenvalue weighted by Gasteiger charge is -2.15. The van der Waals surface area contributed by atoms with Crippen LogP contribution in [0.25, 0.3) is 0 Å². The topological polar surface area (TPSA) is 0 Å². The van der Waals surface area contributed by atoms with Crippen molar-refractivity contribution in [3.63, 3.8) is 0 Å². The van der Waals surface area contributed by atoms with E-state index in [1.807, 2.05) is 12.1 Å². The molecule has 0 N–H and O–H groups in total. The SMILES string of the molecule is [CH2]c1ccccc1C(Br)C(C)C. The zero-order chi connectivity index (χ0) is 9.14. The predicted octanol–water partition coefficient (Wildman–Crippen LogP) is 3.96. The van der Waals surface area contributed by atoms with Gasteiger partial charge in [0.1, 0.15) is 0 Å². The van der Waals surface area contributed by atoms with Crippen LogP contribution in [0.1, 0.15) is 29.8 Å². The molecule has 1 radical (unpaired) electrons. The van der Waals surface area contributed by atoms with Crippen molar-refractivity contribution in [3.8, 4) is 0 Å². The number of benzene rings is 1. The molecule has 0 spiro atoms. The number of rotatable bonds is 2. The van der Waals surface area contributed by atoms with E-state index >= 15 is 0 Å². The van der Waals surface area contributed by atoms with E-state index in [9.17, 15) is 0 Å². The third kappa shape index (κ3) is 2.10. The Morgan fingerprint density at radius 1 is 1.25 bits per heavy atom. The molecule has 0 aromatic heterocycles. The van der Waals surface area contributed by atoms with Crippen molar-refractivity contribution in [2.24, 2.45) is 5.92 Å². The van der Waals surface area contributed by atoms with Crippen molar-refractivity contribution in [2.45, 2.75) is 18.7 Å². The minimum atomic E-state index is 0.422. The molecule has 0 amide bonds. The Morgan fingerprint density at radius 2 is 1.83 bits per heavy atom. The zero-order valence-corrected chi connectivity index (χ0v) is 9.14. The summed E-state index contributed by atoms with van der Waals surface area (Å²) in [6.45, 7) is 8.39. The first-order valence-electron chi connectivity index (χ1n) is 4.18. The van der Waals surface area contributed by atoms with Gasteiger partial charge in [0.25, 0.3) is 0 Å². The summed E-state index contributed by atoms with van der Waals surface area (Å²) >= 11 is 3.66. The molecule has 0 aliphatic carbocycles. The maximum absolute atomic E-state index is 3.99. The fourth-order valence-corrected chi connectivity index (χ4v) is 1.61. The van der Waals surface area contributed by atoms with E-state index in [1.165, 1.54) is 5.56 Å². The molecule has 0 heterocycles. The molecule has 1 rings (SSSR count). The van der Waals surface area contributed by atoms with Gasteiger partial charge in [0.2, 0.25) is 0 Å². The van der Waals surface area contributed by atoms with Crippen LogP contribution in [0.4, 0.5) is 0 Å². The Hall–Kier alpha value is -0.300. The average Bonchev–Trinajstić information content (AvgIpc) is 2.04. The van der Waals surface area contributed by atoms with Crippen molar-refractivity contribution in [2.75, 3.05) is 0 Å². The molecule has 65 valence electrons.